The second-order valence-electron chi connectivity index (χ2n) is 10.2. The minimum Gasteiger partial charge on any atom is -0.461 e. The Morgan fingerprint density at radius 2 is 1.93 bits per heavy atom. The second kappa shape index (κ2) is 7.33. The first-order chi connectivity index (χ1) is 13.8. The monoisotopic (exact) mass is 402 g/mol. The van der Waals surface area contributed by atoms with Gasteiger partial charge in [0.05, 0.1) is 0 Å². The van der Waals surface area contributed by atoms with Gasteiger partial charge in [-0.05, 0) is 67.8 Å². The van der Waals surface area contributed by atoms with Gasteiger partial charge in [-0.3, -0.25) is 14.4 Å². The van der Waals surface area contributed by atoms with E-state index in [0.717, 1.165) is 44.1 Å². The Morgan fingerprint density at radius 1 is 1.17 bits per heavy atom. The molecule has 4 rings (SSSR count). The minimum atomic E-state index is -0.379. The maximum atomic E-state index is 12.4. The Kier molecular flexibility index (Phi) is 5.25. The van der Waals surface area contributed by atoms with Crippen molar-refractivity contribution in [3.63, 3.8) is 0 Å². The van der Waals surface area contributed by atoms with Gasteiger partial charge in [0.1, 0.15) is 12.7 Å². The van der Waals surface area contributed by atoms with Crippen LogP contribution in [0.25, 0.3) is 0 Å². The third-order valence-electron chi connectivity index (χ3n) is 9.14. The molecule has 0 aromatic carbocycles. The number of esters is 1. The van der Waals surface area contributed by atoms with E-state index in [2.05, 4.69) is 13.8 Å². The number of ketones is 2. The Morgan fingerprint density at radius 3 is 2.62 bits per heavy atom. The summed E-state index contributed by atoms with van der Waals surface area (Å²) in [6.07, 6.45) is 7.79. The fourth-order valence-corrected chi connectivity index (χ4v) is 7.63. The molecule has 0 heterocycles. The van der Waals surface area contributed by atoms with Gasteiger partial charge in [0.15, 0.2) is 11.6 Å². The van der Waals surface area contributed by atoms with Gasteiger partial charge in [-0.1, -0.05) is 26.3 Å². The molecule has 5 nitrogen and oxygen atoms in total. The Bertz CT molecular complexity index is 754. The summed E-state index contributed by atoms with van der Waals surface area (Å²) in [5.74, 6) is 1.09. The number of aliphatic hydroxyl groups is 1. The summed E-state index contributed by atoms with van der Waals surface area (Å²) >= 11 is 0. The molecule has 1 N–H and O–H groups in total. The third kappa shape index (κ3) is 3.03. The maximum Gasteiger partial charge on any atom is 0.305 e. The second-order valence-corrected chi connectivity index (χ2v) is 10.2. The van der Waals surface area contributed by atoms with Gasteiger partial charge >= 0.3 is 5.97 Å². The molecule has 160 valence electrons. The van der Waals surface area contributed by atoms with Crippen LogP contribution in [0.2, 0.25) is 0 Å². The normalized spacial score (nSPS) is 43.7. The van der Waals surface area contributed by atoms with Crippen LogP contribution in [0.3, 0.4) is 0 Å². The minimum absolute atomic E-state index is 0.00549. The lowest BCUT2D eigenvalue weighted by molar-refractivity contribution is -0.166. The van der Waals surface area contributed by atoms with Crippen LogP contribution in [0.4, 0.5) is 0 Å². The molecule has 0 saturated heterocycles. The van der Waals surface area contributed by atoms with E-state index in [1.807, 2.05) is 6.08 Å². The van der Waals surface area contributed by atoms with Crippen molar-refractivity contribution in [3.8, 4) is 0 Å². The van der Waals surface area contributed by atoms with Crippen LogP contribution in [0.5, 0.6) is 0 Å². The number of hydrogen-bond donors (Lipinski definition) is 1. The average Bonchev–Trinajstić information content (AvgIpc) is 3.05. The van der Waals surface area contributed by atoms with Crippen molar-refractivity contribution in [3.05, 3.63) is 11.6 Å². The first-order valence-electron chi connectivity index (χ1n) is 11.3. The number of carbonyl (C=O) groups excluding carboxylic acids is 3. The number of ether oxygens (including phenoxy) is 1. The number of hydrogen-bond acceptors (Lipinski definition) is 5. The summed E-state index contributed by atoms with van der Waals surface area (Å²) in [6.45, 7) is 5.90. The molecule has 0 bridgehead atoms. The zero-order valence-corrected chi connectivity index (χ0v) is 17.9. The summed E-state index contributed by atoms with van der Waals surface area (Å²) in [4.78, 5) is 36.9. The highest BCUT2D eigenvalue weighted by atomic mass is 16.5. The summed E-state index contributed by atoms with van der Waals surface area (Å²) in [5.41, 5.74) is 0.828. The van der Waals surface area contributed by atoms with E-state index in [0.29, 0.717) is 24.2 Å². The van der Waals surface area contributed by atoms with Crippen LogP contribution in [0.1, 0.15) is 72.1 Å². The molecule has 1 unspecified atom stereocenters. The number of carbonyl (C=O) groups is 3. The average molecular weight is 403 g/mol. The van der Waals surface area contributed by atoms with Gasteiger partial charge < -0.3 is 9.84 Å². The van der Waals surface area contributed by atoms with Crippen LogP contribution < -0.4 is 0 Å². The quantitative estimate of drug-likeness (QED) is 0.727. The lowest BCUT2D eigenvalue weighted by atomic mass is 9.46. The van der Waals surface area contributed by atoms with E-state index in [1.165, 1.54) is 0 Å². The van der Waals surface area contributed by atoms with Crippen molar-refractivity contribution in [2.75, 3.05) is 6.61 Å². The van der Waals surface area contributed by atoms with Crippen LogP contribution >= 0.6 is 0 Å². The number of aliphatic hydroxyl groups excluding tert-OH is 1. The van der Waals surface area contributed by atoms with Crippen LogP contribution in [-0.2, 0) is 19.1 Å². The first-order valence-corrected chi connectivity index (χ1v) is 11.3. The van der Waals surface area contributed by atoms with Crippen LogP contribution in [-0.4, -0.2) is 35.4 Å². The molecule has 5 heteroatoms. The van der Waals surface area contributed by atoms with Crippen molar-refractivity contribution in [1.29, 1.82) is 0 Å². The summed E-state index contributed by atoms with van der Waals surface area (Å²) in [7, 11) is 0. The lowest BCUT2D eigenvalue weighted by Crippen LogP contribution is -2.56. The summed E-state index contributed by atoms with van der Waals surface area (Å²) in [6, 6.07) is 0. The van der Waals surface area contributed by atoms with E-state index in [9.17, 15) is 19.5 Å². The first kappa shape index (κ1) is 20.8. The lowest BCUT2D eigenvalue weighted by Gasteiger charge is -2.59. The smallest absolute Gasteiger partial charge is 0.305 e. The Balaban J connectivity index is 1.67. The molecule has 0 spiro atoms. The van der Waals surface area contributed by atoms with Gasteiger partial charge in [-0.15, -0.1) is 0 Å². The largest absolute Gasteiger partial charge is 0.461 e. The molecular formula is C24H34O5. The van der Waals surface area contributed by atoms with Gasteiger partial charge in [0, 0.05) is 24.2 Å². The standard InChI is InChI=1S/C24H34O5/c1-4-22(28)29-21-12-15(26)11-14-5-6-16-17-7-8-19(20(27)13-25)23(17,2)10-9-18(16)24(14,21)3/h11,16-19,21,25H,4-10,12-13H2,1-3H3/t16-,17-,18-,19+,21?,23-,24-/m0/s1. The molecule has 0 aromatic heterocycles. The zero-order chi connectivity index (χ0) is 21.0. The highest BCUT2D eigenvalue weighted by Gasteiger charge is 2.62. The number of rotatable bonds is 4. The Hall–Kier alpha value is -1.49. The van der Waals surface area contributed by atoms with E-state index in [1.54, 1.807) is 6.92 Å². The number of fused-ring (bicyclic) bond motifs is 5. The van der Waals surface area contributed by atoms with Gasteiger partial charge in [0.25, 0.3) is 0 Å². The van der Waals surface area contributed by atoms with Crippen molar-refractivity contribution in [2.45, 2.75) is 78.2 Å². The zero-order valence-electron chi connectivity index (χ0n) is 17.9. The predicted octanol–water partition coefficient (Wildman–Crippen LogP) is 3.63. The van der Waals surface area contributed by atoms with Crippen LogP contribution in [0.15, 0.2) is 11.6 Å². The van der Waals surface area contributed by atoms with E-state index in [4.69, 9.17) is 4.74 Å². The molecule has 0 radical (unpaired) electrons. The fraction of sp³-hybridized carbons (Fsp3) is 0.792. The summed E-state index contributed by atoms with van der Waals surface area (Å²) < 4.78 is 5.86. The highest BCUT2D eigenvalue weighted by molar-refractivity contribution is 5.92. The van der Waals surface area contributed by atoms with Crippen molar-refractivity contribution in [2.24, 2.45) is 34.5 Å². The maximum absolute atomic E-state index is 12.4. The molecule has 4 aliphatic carbocycles. The third-order valence-corrected chi connectivity index (χ3v) is 9.14. The number of Topliss-reactive ketones (excluding diaryl/α,β-unsaturated/α-hetero) is 1. The van der Waals surface area contributed by atoms with Crippen LogP contribution in [0, 0.1) is 34.5 Å². The molecular weight excluding hydrogens is 368 g/mol. The predicted molar refractivity (Wildman–Crippen MR) is 108 cm³/mol. The molecule has 29 heavy (non-hydrogen) atoms. The van der Waals surface area contributed by atoms with Crippen molar-refractivity contribution < 1.29 is 24.2 Å². The van der Waals surface area contributed by atoms with Gasteiger partial charge in [-0.2, -0.15) is 0 Å². The molecule has 0 aromatic rings. The van der Waals surface area contributed by atoms with E-state index < -0.39 is 0 Å². The van der Waals surface area contributed by atoms with Crippen molar-refractivity contribution >= 4 is 17.5 Å². The molecule has 4 aliphatic rings. The molecule has 3 fully saturated rings. The fourth-order valence-electron chi connectivity index (χ4n) is 7.63. The SMILES string of the molecule is CCC(=O)OC1CC(=O)C=C2CC[C@H]3[C@@H]4CC[C@H](C(=O)CO)[C@@]4(C)CC[C@@H]3[C@]21C. The topological polar surface area (TPSA) is 80.7 Å². The van der Waals surface area contributed by atoms with Gasteiger partial charge in [-0.25, -0.2) is 0 Å². The summed E-state index contributed by atoms with van der Waals surface area (Å²) in [5, 5.41) is 9.46. The molecule has 0 aliphatic heterocycles. The van der Waals surface area contributed by atoms with E-state index >= 15 is 0 Å². The van der Waals surface area contributed by atoms with Gasteiger partial charge in [0.2, 0.25) is 0 Å². The molecule has 3 saturated carbocycles. The Labute approximate surface area is 173 Å². The van der Waals surface area contributed by atoms with Crippen molar-refractivity contribution in [1.82, 2.24) is 0 Å². The molecule has 7 atom stereocenters. The molecule has 0 amide bonds. The highest BCUT2D eigenvalue weighted by Crippen LogP contribution is 2.66. The van der Waals surface area contributed by atoms with E-state index in [-0.39, 0.29) is 53.4 Å².